The first-order chi connectivity index (χ1) is 8.49. The smallest absolute Gasteiger partial charge is 0.302 e. The zero-order valence-electron chi connectivity index (χ0n) is 9.27. The van der Waals surface area contributed by atoms with E-state index in [4.69, 9.17) is 4.74 Å². The number of ether oxygens (including phenoxy) is 1. The summed E-state index contributed by atoms with van der Waals surface area (Å²) >= 11 is 3.21. The van der Waals surface area contributed by atoms with E-state index in [9.17, 15) is 14.9 Å². The Morgan fingerprint density at radius 1 is 1.61 bits per heavy atom. The van der Waals surface area contributed by atoms with Gasteiger partial charge >= 0.3 is 5.97 Å². The summed E-state index contributed by atoms with van der Waals surface area (Å²) in [6.45, 7) is 1.10. The Morgan fingerprint density at radius 3 is 2.94 bits per heavy atom. The Bertz CT molecular complexity index is 637. The van der Waals surface area contributed by atoms with Crippen LogP contribution in [-0.4, -0.2) is 21.1 Å². The molecule has 94 valence electrons. The molecule has 1 N–H and O–H groups in total. The second kappa shape index (κ2) is 4.73. The van der Waals surface area contributed by atoms with Gasteiger partial charge in [-0.05, 0) is 22.0 Å². The van der Waals surface area contributed by atoms with E-state index < -0.39 is 10.9 Å². The number of halogens is 1. The minimum Gasteiger partial charge on any atom is -0.461 e. The monoisotopic (exact) mass is 313 g/mol. The van der Waals surface area contributed by atoms with Crippen molar-refractivity contribution in [2.75, 3.05) is 0 Å². The summed E-state index contributed by atoms with van der Waals surface area (Å²) in [5.41, 5.74) is 0.766. The Kier molecular flexibility index (Phi) is 3.28. The number of nitro groups is 1. The second-order valence-electron chi connectivity index (χ2n) is 3.57. The average Bonchev–Trinajstić information content (AvgIpc) is 2.66. The molecule has 1 heterocycles. The van der Waals surface area contributed by atoms with Crippen LogP contribution in [0.2, 0.25) is 0 Å². The molecule has 0 saturated heterocycles. The number of hydrogen-bond donors (Lipinski definition) is 1. The SMILES string of the molecule is CC(=O)OCc1cc2n[nH]c(Br)c2cc1[N+](=O)[O-]. The number of hydrogen-bond acceptors (Lipinski definition) is 5. The van der Waals surface area contributed by atoms with Gasteiger partial charge in [-0.25, -0.2) is 0 Å². The molecule has 0 radical (unpaired) electrons. The van der Waals surface area contributed by atoms with Crippen molar-refractivity contribution in [2.45, 2.75) is 13.5 Å². The molecule has 0 aliphatic heterocycles. The van der Waals surface area contributed by atoms with Crippen molar-refractivity contribution in [3.8, 4) is 0 Å². The highest BCUT2D eigenvalue weighted by atomic mass is 79.9. The lowest BCUT2D eigenvalue weighted by molar-refractivity contribution is -0.385. The number of benzene rings is 1. The molecule has 0 fully saturated rings. The van der Waals surface area contributed by atoms with Gasteiger partial charge in [0.25, 0.3) is 5.69 Å². The highest BCUT2D eigenvalue weighted by Crippen LogP contribution is 2.29. The van der Waals surface area contributed by atoms with Crippen LogP contribution in [0.15, 0.2) is 16.7 Å². The lowest BCUT2D eigenvalue weighted by atomic mass is 10.1. The van der Waals surface area contributed by atoms with Crippen LogP contribution in [0.5, 0.6) is 0 Å². The maximum Gasteiger partial charge on any atom is 0.302 e. The second-order valence-corrected chi connectivity index (χ2v) is 4.37. The number of rotatable bonds is 3. The highest BCUT2D eigenvalue weighted by Gasteiger charge is 2.18. The molecule has 2 aromatic rings. The number of esters is 1. The van der Waals surface area contributed by atoms with Crippen molar-refractivity contribution in [2.24, 2.45) is 0 Å². The molecule has 0 unspecified atom stereocenters. The van der Waals surface area contributed by atoms with E-state index in [1.54, 1.807) is 0 Å². The molecular formula is C10H8BrN3O4. The fourth-order valence-corrected chi connectivity index (χ4v) is 1.93. The predicted octanol–water partition coefficient (Wildman–Crippen LogP) is 2.30. The standard InChI is InChI=1S/C10H8BrN3O4/c1-5(15)18-4-6-2-8-7(10(11)13-12-8)3-9(6)14(16)17/h2-3H,4H2,1H3,(H,12,13). The van der Waals surface area contributed by atoms with Crippen LogP contribution >= 0.6 is 15.9 Å². The molecule has 0 aliphatic carbocycles. The van der Waals surface area contributed by atoms with Crippen LogP contribution in [-0.2, 0) is 16.1 Å². The molecule has 0 aliphatic rings. The highest BCUT2D eigenvalue weighted by molar-refractivity contribution is 9.10. The summed E-state index contributed by atoms with van der Waals surface area (Å²) in [7, 11) is 0. The molecule has 0 amide bonds. The van der Waals surface area contributed by atoms with Gasteiger partial charge in [0.2, 0.25) is 0 Å². The van der Waals surface area contributed by atoms with Crippen molar-refractivity contribution in [1.82, 2.24) is 10.2 Å². The van der Waals surface area contributed by atoms with Gasteiger partial charge in [-0.2, -0.15) is 5.10 Å². The summed E-state index contributed by atoms with van der Waals surface area (Å²) < 4.78 is 5.35. The minimum atomic E-state index is -0.516. The van der Waals surface area contributed by atoms with E-state index in [-0.39, 0.29) is 12.3 Å². The number of fused-ring (bicyclic) bond motifs is 1. The topological polar surface area (TPSA) is 98.1 Å². The van der Waals surface area contributed by atoms with Crippen molar-refractivity contribution < 1.29 is 14.5 Å². The number of carbonyl (C=O) groups is 1. The van der Waals surface area contributed by atoms with Crippen LogP contribution in [0, 0.1) is 10.1 Å². The molecule has 1 aromatic carbocycles. The summed E-state index contributed by atoms with van der Waals surface area (Å²) in [6.07, 6.45) is 0. The Hall–Kier alpha value is -1.96. The molecule has 0 saturated carbocycles. The van der Waals surface area contributed by atoms with Gasteiger partial charge in [-0.15, -0.1) is 0 Å². The zero-order valence-corrected chi connectivity index (χ0v) is 10.9. The van der Waals surface area contributed by atoms with E-state index in [0.29, 0.717) is 21.1 Å². The van der Waals surface area contributed by atoms with Crippen molar-refractivity contribution in [3.63, 3.8) is 0 Å². The molecule has 2 rings (SSSR count). The number of nitro benzene ring substituents is 1. The summed E-state index contributed by atoms with van der Waals surface area (Å²) in [4.78, 5) is 21.2. The average molecular weight is 314 g/mol. The molecule has 7 nitrogen and oxygen atoms in total. The third-order valence-electron chi connectivity index (χ3n) is 2.34. The van der Waals surface area contributed by atoms with E-state index in [1.165, 1.54) is 19.1 Å². The molecule has 0 spiro atoms. The van der Waals surface area contributed by atoms with Gasteiger partial charge in [-0.3, -0.25) is 20.0 Å². The van der Waals surface area contributed by atoms with Crippen LogP contribution in [0.1, 0.15) is 12.5 Å². The number of nitrogens with one attached hydrogen (secondary N) is 1. The van der Waals surface area contributed by atoms with Gasteiger partial charge in [0.1, 0.15) is 11.2 Å². The van der Waals surface area contributed by atoms with Gasteiger partial charge in [0.05, 0.1) is 16.0 Å². The molecular weight excluding hydrogens is 306 g/mol. The van der Waals surface area contributed by atoms with Gasteiger partial charge in [0.15, 0.2) is 0 Å². The number of carbonyl (C=O) groups excluding carboxylic acids is 1. The van der Waals surface area contributed by atoms with E-state index in [1.807, 2.05) is 0 Å². The first-order valence-electron chi connectivity index (χ1n) is 4.93. The number of aromatic amines is 1. The summed E-state index contributed by atoms with van der Waals surface area (Å²) in [5.74, 6) is -0.493. The maximum atomic E-state index is 11.0. The van der Waals surface area contributed by atoms with Crippen LogP contribution in [0.4, 0.5) is 5.69 Å². The fraction of sp³-hybridized carbons (Fsp3) is 0.200. The first kappa shape index (κ1) is 12.5. The lowest BCUT2D eigenvalue weighted by Gasteiger charge is -2.03. The summed E-state index contributed by atoms with van der Waals surface area (Å²) in [6, 6.07) is 2.92. The van der Waals surface area contributed by atoms with Crippen molar-refractivity contribution in [1.29, 1.82) is 0 Å². The fourth-order valence-electron chi connectivity index (χ4n) is 1.52. The minimum absolute atomic E-state index is 0.106. The van der Waals surface area contributed by atoms with Gasteiger partial charge in [-0.1, -0.05) is 0 Å². The van der Waals surface area contributed by atoms with E-state index in [2.05, 4.69) is 26.1 Å². The first-order valence-corrected chi connectivity index (χ1v) is 5.72. The number of H-pyrrole nitrogens is 1. The zero-order chi connectivity index (χ0) is 13.3. The van der Waals surface area contributed by atoms with Crippen LogP contribution < -0.4 is 0 Å². The summed E-state index contributed by atoms with van der Waals surface area (Å²) in [5, 5.41) is 18.2. The van der Waals surface area contributed by atoms with Gasteiger partial charge < -0.3 is 4.74 Å². The van der Waals surface area contributed by atoms with Crippen LogP contribution in [0.25, 0.3) is 10.9 Å². The quantitative estimate of drug-likeness (QED) is 0.532. The Morgan fingerprint density at radius 2 is 2.33 bits per heavy atom. The number of aromatic nitrogens is 2. The maximum absolute atomic E-state index is 11.0. The van der Waals surface area contributed by atoms with E-state index >= 15 is 0 Å². The molecule has 1 aromatic heterocycles. The van der Waals surface area contributed by atoms with Crippen LogP contribution in [0.3, 0.4) is 0 Å². The molecule has 18 heavy (non-hydrogen) atoms. The Labute approximate surface area is 109 Å². The molecule has 8 heteroatoms. The third-order valence-corrected chi connectivity index (χ3v) is 2.94. The Balaban J connectivity index is 2.51. The largest absolute Gasteiger partial charge is 0.461 e. The van der Waals surface area contributed by atoms with Gasteiger partial charge in [0, 0.05) is 18.4 Å². The van der Waals surface area contributed by atoms with Crippen molar-refractivity contribution in [3.05, 3.63) is 32.4 Å². The normalized spacial score (nSPS) is 10.6. The molecule has 0 atom stereocenters. The molecule has 0 bridgehead atoms. The number of nitrogens with zero attached hydrogens (tertiary/aromatic N) is 2. The predicted molar refractivity (Wildman–Crippen MR) is 65.9 cm³/mol. The third kappa shape index (κ3) is 2.33. The van der Waals surface area contributed by atoms with E-state index in [0.717, 1.165) is 0 Å². The lowest BCUT2D eigenvalue weighted by Crippen LogP contribution is -2.02. The van der Waals surface area contributed by atoms with Crippen molar-refractivity contribution >= 4 is 38.5 Å².